The average Bonchev–Trinajstić information content (AvgIpc) is 2.80. The Labute approximate surface area is 102 Å². The Morgan fingerprint density at radius 1 is 1.44 bits per heavy atom. The fourth-order valence-electron chi connectivity index (χ4n) is 1.73. The Bertz CT molecular complexity index is 196. The fraction of sp³-hybridized carbons (Fsp3) is 0.909. The molecule has 0 spiro atoms. The molecule has 1 saturated heterocycles. The largest absolute Gasteiger partial charge is 0.377 e. The summed E-state index contributed by atoms with van der Waals surface area (Å²) in [5.74, 6) is 7.22. The van der Waals surface area contributed by atoms with Gasteiger partial charge in [-0.3, -0.25) is 10.2 Å². The molecule has 0 bridgehead atoms. The predicted octanol–water partition coefficient (Wildman–Crippen LogP) is 1.45. The van der Waals surface area contributed by atoms with Crippen molar-refractivity contribution in [1.82, 2.24) is 5.43 Å². The fourth-order valence-corrected chi connectivity index (χ4v) is 2.83. The van der Waals surface area contributed by atoms with E-state index in [9.17, 15) is 4.79 Å². The van der Waals surface area contributed by atoms with Gasteiger partial charge in [0, 0.05) is 18.8 Å². The molecule has 1 aliphatic rings. The highest BCUT2D eigenvalue weighted by molar-refractivity contribution is 7.99. The summed E-state index contributed by atoms with van der Waals surface area (Å²) in [5.41, 5.74) is 2.14. The summed E-state index contributed by atoms with van der Waals surface area (Å²) in [7, 11) is 0. The van der Waals surface area contributed by atoms with Gasteiger partial charge in [-0.15, -0.1) is 0 Å². The number of rotatable bonds is 8. The summed E-state index contributed by atoms with van der Waals surface area (Å²) in [6.45, 7) is 0.944. The second-order valence-corrected chi connectivity index (χ2v) is 5.24. The van der Waals surface area contributed by atoms with E-state index in [0.717, 1.165) is 25.2 Å². The molecule has 16 heavy (non-hydrogen) atoms. The van der Waals surface area contributed by atoms with Crippen LogP contribution >= 0.6 is 11.8 Å². The molecule has 0 radical (unpaired) electrons. The van der Waals surface area contributed by atoms with Gasteiger partial charge in [0.15, 0.2) is 0 Å². The molecule has 3 N–H and O–H groups in total. The van der Waals surface area contributed by atoms with Crippen molar-refractivity contribution in [3.63, 3.8) is 0 Å². The van der Waals surface area contributed by atoms with Gasteiger partial charge in [-0.1, -0.05) is 6.42 Å². The first-order chi connectivity index (χ1) is 7.83. The molecule has 94 valence electrons. The summed E-state index contributed by atoms with van der Waals surface area (Å²) in [6.07, 6.45) is 6.70. The molecular weight excluding hydrogens is 224 g/mol. The number of hydrogen-bond acceptors (Lipinski definition) is 4. The van der Waals surface area contributed by atoms with Gasteiger partial charge in [0.05, 0.1) is 6.10 Å². The van der Waals surface area contributed by atoms with Crippen molar-refractivity contribution in [2.75, 3.05) is 18.1 Å². The van der Waals surface area contributed by atoms with Gasteiger partial charge in [0.1, 0.15) is 0 Å². The van der Waals surface area contributed by atoms with Crippen LogP contribution in [0.3, 0.4) is 0 Å². The maximum atomic E-state index is 10.8. The molecule has 5 heteroatoms. The minimum Gasteiger partial charge on any atom is -0.377 e. The van der Waals surface area contributed by atoms with Crippen LogP contribution < -0.4 is 11.3 Å². The van der Waals surface area contributed by atoms with Crippen LogP contribution in [0.25, 0.3) is 0 Å². The molecule has 1 amide bonds. The van der Waals surface area contributed by atoms with E-state index in [1.165, 1.54) is 25.0 Å². The van der Waals surface area contributed by atoms with Crippen LogP contribution in [0.15, 0.2) is 0 Å². The van der Waals surface area contributed by atoms with E-state index < -0.39 is 0 Å². The molecule has 1 atom stereocenters. The van der Waals surface area contributed by atoms with Crippen LogP contribution in [0.2, 0.25) is 0 Å². The first kappa shape index (κ1) is 13.8. The Balaban J connectivity index is 1.79. The number of carbonyl (C=O) groups is 1. The van der Waals surface area contributed by atoms with Crippen LogP contribution in [0, 0.1) is 0 Å². The Hall–Kier alpha value is -0.260. The molecular formula is C11H22N2O2S. The van der Waals surface area contributed by atoms with Crippen molar-refractivity contribution in [2.24, 2.45) is 5.84 Å². The number of thioether (sulfide) groups is 1. The van der Waals surface area contributed by atoms with Crippen LogP contribution in [0.5, 0.6) is 0 Å². The normalized spacial score (nSPS) is 19.9. The maximum absolute atomic E-state index is 10.8. The van der Waals surface area contributed by atoms with Crippen molar-refractivity contribution in [2.45, 2.75) is 44.6 Å². The molecule has 1 aliphatic heterocycles. The number of hydrazine groups is 1. The molecule has 0 aromatic carbocycles. The van der Waals surface area contributed by atoms with Crippen molar-refractivity contribution in [3.8, 4) is 0 Å². The second kappa shape index (κ2) is 8.84. The third-order valence-corrected chi connectivity index (χ3v) is 3.87. The first-order valence-corrected chi connectivity index (χ1v) is 7.17. The van der Waals surface area contributed by atoms with E-state index in [-0.39, 0.29) is 5.91 Å². The lowest BCUT2D eigenvalue weighted by molar-refractivity contribution is -0.121. The van der Waals surface area contributed by atoms with Gasteiger partial charge in [-0.25, -0.2) is 5.84 Å². The third-order valence-electron chi connectivity index (χ3n) is 2.68. The van der Waals surface area contributed by atoms with Gasteiger partial charge in [-0.2, -0.15) is 11.8 Å². The van der Waals surface area contributed by atoms with E-state index in [1.807, 2.05) is 11.8 Å². The monoisotopic (exact) mass is 246 g/mol. The molecule has 1 unspecified atom stereocenters. The van der Waals surface area contributed by atoms with E-state index in [1.54, 1.807) is 0 Å². The molecule has 0 aromatic heterocycles. The number of hydrogen-bond donors (Lipinski definition) is 2. The lowest BCUT2D eigenvalue weighted by Crippen LogP contribution is -2.29. The Morgan fingerprint density at radius 3 is 3.00 bits per heavy atom. The summed E-state index contributed by atoms with van der Waals surface area (Å²) in [4.78, 5) is 10.8. The van der Waals surface area contributed by atoms with Gasteiger partial charge >= 0.3 is 0 Å². The van der Waals surface area contributed by atoms with Crippen molar-refractivity contribution in [1.29, 1.82) is 0 Å². The van der Waals surface area contributed by atoms with Crippen LogP contribution in [-0.4, -0.2) is 30.1 Å². The molecule has 0 saturated carbocycles. The van der Waals surface area contributed by atoms with E-state index >= 15 is 0 Å². The SMILES string of the molecule is NNC(=O)CCCCCSCC1CCCO1. The second-order valence-electron chi connectivity index (χ2n) is 4.09. The van der Waals surface area contributed by atoms with Crippen molar-refractivity contribution < 1.29 is 9.53 Å². The molecule has 0 aliphatic carbocycles. The van der Waals surface area contributed by atoms with Crippen LogP contribution in [0.4, 0.5) is 0 Å². The summed E-state index contributed by atoms with van der Waals surface area (Å²) in [5, 5.41) is 0. The average molecular weight is 246 g/mol. The lowest BCUT2D eigenvalue weighted by Gasteiger charge is -2.08. The topological polar surface area (TPSA) is 64.3 Å². The highest BCUT2D eigenvalue weighted by atomic mass is 32.2. The highest BCUT2D eigenvalue weighted by Gasteiger charge is 2.14. The maximum Gasteiger partial charge on any atom is 0.233 e. The zero-order chi connectivity index (χ0) is 11.6. The highest BCUT2D eigenvalue weighted by Crippen LogP contribution is 2.18. The quantitative estimate of drug-likeness (QED) is 0.294. The Morgan fingerprint density at radius 2 is 2.31 bits per heavy atom. The number of ether oxygens (including phenoxy) is 1. The molecule has 1 fully saturated rings. The standard InChI is InChI=1S/C11H22N2O2S/c12-13-11(14)6-2-1-3-8-16-9-10-5-4-7-15-10/h10H,1-9,12H2,(H,13,14). The van der Waals surface area contributed by atoms with Crippen LogP contribution in [0.1, 0.15) is 38.5 Å². The molecule has 1 heterocycles. The number of unbranched alkanes of at least 4 members (excludes halogenated alkanes) is 2. The summed E-state index contributed by atoms with van der Waals surface area (Å²) < 4.78 is 5.54. The first-order valence-electron chi connectivity index (χ1n) is 6.01. The van der Waals surface area contributed by atoms with Crippen LogP contribution in [-0.2, 0) is 9.53 Å². The lowest BCUT2D eigenvalue weighted by atomic mass is 10.2. The number of nitrogens with two attached hydrogens (primary N) is 1. The minimum atomic E-state index is -0.0630. The third kappa shape index (κ3) is 6.35. The predicted molar refractivity (Wildman–Crippen MR) is 67.1 cm³/mol. The number of amides is 1. The van der Waals surface area contributed by atoms with Gasteiger partial charge < -0.3 is 4.74 Å². The Kier molecular flexibility index (Phi) is 7.63. The van der Waals surface area contributed by atoms with Crippen molar-refractivity contribution >= 4 is 17.7 Å². The minimum absolute atomic E-state index is 0.0630. The summed E-state index contributed by atoms with van der Waals surface area (Å²) >= 11 is 1.96. The smallest absolute Gasteiger partial charge is 0.233 e. The van der Waals surface area contributed by atoms with E-state index in [2.05, 4.69) is 5.43 Å². The van der Waals surface area contributed by atoms with Crippen molar-refractivity contribution in [3.05, 3.63) is 0 Å². The zero-order valence-corrected chi connectivity index (χ0v) is 10.6. The molecule has 4 nitrogen and oxygen atoms in total. The number of nitrogens with one attached hydrogen (secondary N) is 1. The molecule has 0 aromatic rings. The zero-order valence-electron chi connectivity index (χ0n) is 9.74. The van der Waals surface area contributed by atoms with Gasteiger partial charge in [0.25, 0.3) is 0 Å². The summed E-state index contributed by atoms with van der Waals surface area (Å²) in [6, 6.07) is 0. The van der Waals surface area contributed by atoms with Gasteiger partial charge in [0.2, 0.25) is 5.91 Å². The van der Waals surface area contributed by atoms with E-state index in [4.69, 9.17) is 10.6 Å². The van der Waals surface area contributed by atoms with Gasteiger partial charge in [-0.05, 0) is 31.4 Å². The van der Waals surface area contributed by atoms with E-state index in [0.29, 0.717) is 12.5 Å². The molecule has 1 rings (SSSR count). The number of carbonyl (C=O) groups excluding carboxylic acids is 1.